The van der Waals surface area contributed by atoms with Crippen molar-refractivity contribution < 1.29 is 17.9 Å². The Kier molecular flexibility index (Phi) is 6.59. The summed E-state index contributed by atoms with van der Waals surface area (Å²) in [5, 5.41) is 2.76. The number of hydrogen-bond donors (Lipinski definition) is 2. The lowest BCUT2D eigenvalue weighted by molar-refractivity contribution is 0.0951. The van der Waals surface area contributed by atoms with Gasteiger partial charge >= 0.3 is 0 Å². The van der Waals surface area contributed by atoms with Crippen molar-refractivity contribution in [2.45, 2.75) is 4.90 Å². The van der Waals surface area contributed by atoms with E-state index in [1.807, 2.05) is 19.0 Å². The molecule has 0 saturated heterocycles. The van der Waals surface area contributed by atoms with Crippen LogP contribution in [-0.2, 0) is 10.0 Å². The summed E-state index contributed by atoms with van der Waals surface area (Å²) in [4.78, 5) is 14.1. The van der Waals surface area contributed by atoms with Crippen LogP contribution in [-0.4, -0.2) is 53.5 Å². The molecule has 0 aliphatic rings. The van der Waals surface area contributed by atoms with E-state index in [1.54, 1.807) is 30.3 Å². The molecule has 2 aromatic rings. The summed E-state index contributed by atoms with van der Waals surface area (Å²) in [7, 11) is 1.42. The first kappa shape index (κ1) is 19.7. The lowest BCUT2D eigenvalue weighted by Gasteiger charge is -2.13. The van der Waals surface area contributed by atoms with Gasteiger partial charge in [0.15, 0.2) is 0 Å². The largest absolute Gasteiger partial charge is 0.495 e. The van der Waals surface area contributed by atoms with E-state index in [0.29, 0.717) is 24.5 Å². The molecule has 26 heavy (non-hydrogen) atoms. The molecule has 0 atom stereocenters. The van der Waals surface area contributed by atoms with Gasteiger partial charge in [0, 0.05) is 18.7 Å². The molecular weight excluding hydrogens is 354 g/mol. The number of amides is 1. The van der Waals surface area contributed by atoms with E-state index in [0.717, 1.165) is 0 Å². The molecule has 0 aliphatic heterocycles. The SMILES string of the molecule is COc1ccccc1NS(=O)(=O)c1cccc(C(=O)NCCN(C)C)c1. The highest BCUT2D eigenvalue weighted by molar-refractivity contribution is 7.92. The smallest absolute Gasteiger partial charge is 0.262 e. The van der Waals surface area contributed by atoms with Gasteiger partial charge in [0.05, 0.1) is 17.7 Å². The minimum Gasteiger partial charge on any atom is -0.495 e. The lowest BCUT2D eigenvalue weighted by atomic mass is 10.2. The summed E-state index contributed by atoms with van der Waals surface area (Å²) in [6, 6.07) is 12.6. The molecular formula is C18H23N3O4S. The van der Waals surface area contributed by atoms with Crippen molar-refractivity contribution in [3.05, 3.63) is 54.1 Å². The van der Waals surface area contributed by atoms with Crippen molar-refractivity contribution in [3.8, 4) is 5.75 Å². The van der Waals surface area contributed by atoms with E-state index < -0.39 is 10.0 Å². The summed E-state index contributed by atoms with van der Waals surface area (Å²) in [6.45, 7) is 1.17. The number of anilines is 1. The fourth-order valence-corrected chi connectivity index (χ4v) is 3.35. The first-order chi connectivity index (χ1) is 12.3. The predicted molar refractivity (Wildman–Crippen MR) is 101 cm³/mol. The minimum absolute atomic E-state index is 0.00339. The molecule has 140 valence electrons. The Hall–Kier alpha value is -2.58. The summed E-state index contributed by atoms with van der Waals surface area (Å²) in [5.74, 6) is 0.0925. The molecule has 0 heterocycles. The van der Waals surface area contributed by atoms with Crippen molar-refractivity contribution >= 4 is 21.6 Å². The zero-order chi connectivity index (χ0) is 19.2. The van der Waals surface area contributed by atoms with E-state index in [2.05, 4.69) is 10.0 Å². The second kappa shape index (κ2) is 8.68. The standard InChI is InChI=1S/C18H23N3O4S/c1-21(2)12-11-19-18(22)14-7-6-8-15(13-14)26(23,24)20-16-9-4-5-10-17(16)25-3/h4-10,13,20H,11-12H2,1-3H3,(H,19,22). The molecule has 0 aromatic heterocycles. The van der Waals surface area contributed by atoms with Crippen LogP contribution in [0.1, 0.15) is 10.4 Å². The molecule has 0 unspecified atom stereocenters. The quantitative estimate of drug-likeness (QED) is 0.732. The van der Waals surface area contributed by atoms with Crippen LogP contribution in [0.3, 0.4) is 0 Å². The van der Waals surface area contributed by atoms with E-state index in [1.165, 1.54) is 25.3 Å². The molecule has 2 aromatic carbocycles. The van der Waals surface area contributed by atoms with E-state index in [4.69, 9.17) is 4.74 Å². The first-order valence-electron chi connectivity index (χ1n) is 8.02. The number of sulfonamides is 1. The molecule has 1 amide bonds. The Morgan fingerprint density at radius 1 is 1.12 bits per heavy atom. The van der Waals surface area contributed by atoms with Gasteiger partial charge in [-0.15, -0.1) is 0 Å². The van der Waals surface area contributed by atoms with E-state index in [9.17, 15) is 13.2 Å². The van der Waals surface area contributed by atoms with Gasteiger partial charge in [-0.25, -0.2) is 8.42 Å². The molecule has 0 radical (unpaired) electrons. The van der Waals surface area contributed by atoms with E-state index in [-0.39, 0.29) is 16.4 Å². The average Bonchev–Trinajstić information content (AvgIpc) is 2.61. The number of hydrogen-bond acceptors (Lipinski definition) is 5. The van der Waals surface area contributed by atoms with Crippen LogP contribution in [0.5, 0.6) is 5.75 Å². The second-order valence-corrected chi connectivity index (χ2v) is 7.58. The molecule has 0 aliphatic carbocycles. The fourth-order valence-electron chi connectivity index (χ4n) is 2.23. The number of carbonyl (C=O) groups excluding carboxylic acids is 1. The Morgan fingerprint density at radius 3 is 2.54 bits per heavy atom. The Labute approximate surface area is 154 Å². The Morgan fingerprint density at radius 2 is 1.85 bits per heavy atom. The third-order valence-electron chi connectivity index (χ3n) is 3.60. The molecule has 0 fully saturated rings. The summed E-state index contributed by atoms with van der Waals surface area (Å²) < 4.78 is 32.9. The van der Waals surface area contributed by atoms with Crippen LogP contribution < -0.4 is 14.8 Å². The number of nitrogens with zero attached hydrogens (tertiary/aromatic N) is 1. The molecule has 8 heteroatoms. The third kappa shape index (κ3) is 5.21. The first-order valence-corrected chi connectivity index (χ1v) is 9.50. The van der Waals surface area contributed by atoms with Crippen molar-refractivity contribution in [3.63, 3.8) is 0 Å². The Bertz CT molecular complexity index is 866. The maximum Gasteiger partial charge on any atom is 0.262 e. The fraction of sp³-hybridized carbons (Fsp3) is 0.278. The van der Waals surface area contributed by atoms with Crippen LogP contribution in [0.15, 0.2) is 53.4 Å². The van der Waals surface area contributed by atoms with Crippen molar-refractivity contribution in [1.29, 1.82) is 0 Å². The van der Waals surface area contributed by atoms with Gasteiger partial charge in [-0.3, -0.25) is 9.52 Å². The number of likely N-dealkylation sites (N-methyl/N-ethyl adjacent to an activating group) is 1. The number of rotatable bonds is 8. The number of ether oxygens (including phenoxy) is 1. The molecule has 2 rings (SSSR count). The highest BCUT2D eigenvalue weighted by Gasteiger charge is 2.18. The van der Waals surface area contributed by atoms with E-state index >= 15 is 0 Å². The average molecular weight is 377 g/mol. The summed E-state index contributed by atoms with van der Waals surface area (Å²) >= 11 is 0. The highest BCUT2D eigenvalue weighted by atomic mass is 32.2. The summed E-state index contributed by atoms with van der Waals surface area (Å²) in [6.07, 6.45) is 0. The lowest BCUT2D eigenvalue weighted by Crippen LogP contribution is -2.31. The second-order valence-electron chi connectivity index (χ2n) is 5.89. The van der Waals surface area contributed by atoms with Gasteiger partial charge in [-0.2, -0.15) is 0 Å². The molecule has 7 nitrogen and oxygen atoms in total. The topological polar surface area (TPSA) is 87.7 Å². The zero-order valence-corrected chi connectivity index (χ0v) is 15.8. The van der Waals surface area contributed by atoms with Gasteiger partial charge < -0.3 is 15.0 Å². The normalized spacial score (nSPS) is 11.2. The molecule has 2 N–H and O–H groups in total. The van der Waals surface area contributed by atoms with Crippen molar-refractivity contribution in [2.75, 3.05) is 39.0 Å². The highest BCUT2D eigenvalue weighted by Crippen LogP contribution is 2.26. The zero-order valence-electron chi connectivity index (χ0n) is 15.0. The molecule has 0 bridgehead atoms. The predicted octanol–water partition coefficient (Wildman–Crippen LogP) is 1.79. The van der Waals surface area contributed by atoms with Gasteiger partial charge in [0.1, 0.15) is 5.75 Å². The van der Waals surface area contributed by atoms with Gasteiger partial charge in [-0.1, -0.05) is 18.2 Å². The maximum absolute atomic E-state index is 12.6. The van der Waals surface area contributed by atoms with Crippen LogP contribution in [0.4, 0.5) is 5.69 Å². The number of benzene rings is 2. The third-order valence-corrected chi connectivity index (χ3v) is 4.97. The van der Waals surface area contributed by atoms with Crippen LogP contribution >= 0.6 is 0 Å². The Balaban J connectivity index is 2.18. The van der Waals surface area contributed by atoms with Crippen LogP contribution in [0.2, 0.25) is 0 Å². The number of methoxy groups -OCH3 is 1. The monoisotopic (exact) mass is 377 g/mol. The van der Waals surface area contributed by atoms with Gasteiger partial charge in [-0.05, 0) is 44.4 Å². The van der Waals surface area contributed by atoms with Crippen molar-refractivity contribution in [1.82, 2.24) is 10.2 Å². The number of para-hydroxylation sites is 2. The minimum atomic E-state index is -3.85. The number of carbonyl (C=O) groups is 1. The molecule has 0 spiro atoms. The maximum atomic E-state index is 12.6. The van der Waals surface area contributed by atoms with Crippen LogP contribution in [0.25, 0.3) is 0 Å². The van der Waals surface area contributed by atoms with Gasteiger partial charge in [0.2, 0.25) is 0 Å². The number of nitrogens with one attached hydrogen (secondary N) is 2. The van der Waals surface area contributed by atoms with Crippen LogP contribution in [0, 0.1) is 0 Å². The van der Waals surface area contributed by atoms with Crippen molar-refractivity contribution in [2.24, 2.45) is 0 Å². The van der Waals surface area contributed by atoms with Gasteiger partial charge in [0.25, 0.3) is 15.9 Å². The molecule has 0 saturated carbocycles. The summed E-state index contributed by atoms with van der Waals surface area (Å²) in [5.41, 5.74) is 0.613.